The second-order valence-corrected chi connectivity index (χ2v) is 16.5. The van der Waals surface area contributed by atoms with Gasteiger partial charge in [-0.25, -0.2) is 0 Å². The molecule has 0 aromatic rings. The van der Waals surface area contributed by atoms with Gasteiger partial charge in [-0.05, 0) is 70.6 Å². The Morgan fingerprint density at radius 2 is 0.983 bits per heavy atom. The minimum Gasteiger partial charge on any atom is -0.394 e. The van der Waals surface area contributed by atoms with E-state index in [-0.39, 0.29) is 12.5 Å². The predicted molar refractivity (Wildman–Crippen MR) is 239 cm³/mol. The third-order valence-corrected chi connectivity index (χ3v) is 11.1. The zero-order chi connectivity index (χ0) is 42.3. The number of carbonyl (C=O) groups excluding carboxylic acids is 1. The first-order chi connectivity index (χ1) is 28.3. The van der Waals surface area contributed by atoms with Crippen LogP contribution in [0.25, 0.3) is 0 Å². The van der Waals surface area contributed by atoms with Gasteiger partial charge in [0.25, 0.3) is 0 Å². The SMILES string of the molecule is CCCCCC/C=C/CC/C=C/CC/C=C/C(O)C(COC1OC(CO)C(O)C(O)C1O)NC(=O)CCCCCCCCCCC/C=C\CCCCCCCCCC. The lowest BCUT2D eigenvalue weighted by Gasteiger charge is -2.40. The number of rotatable bonds is 39. The summed E-state index contributed by atoms with van der Waals surface area (Å²) in [4.78, 5) is 13.0. The molecule has 58 heavy (non-hydrogen) atoms. The molecule has 1 heterocycles. The molecule has 0 bridgehead atoms. The van der Waals surface area contributed by atoms with Crippen LogP contribution in [0.4, 0.5) is 0 Å². The zero-order valence-electron chi connectivity index (χ0n) is 37.0. The second kappa shape index (κ2) is 39.3. The summed E-state index contributed by atoms with van der Waals surface area (Å²) >= 11 is 0. The Kier molecular flexibility index (Phi) is 36.7. The average Bonchev–Trinajstić information content (AvgIpc) is 3.22. The molecule has 6 N–H and O–H groups in total. The van der Waals surface area contributed by atoms with E-state index in [1.54, 1.807) is 6.08 Å². The molecule has 0 aliphatic carbocycles. The summed E-state index contributed by atoms with van der Waals surface area (Å²) in [6, 6.07) is -0.828. The first-order valence-corrected chi connectivity index (χ1v) is 23.9. The van der Waals surface area contributed by atoms with Gasteiger partial charge in [0.1, 0.15) is 24.4 Å². The minimum atomic E-state index is -1.57. The fraction of sp³-hybridized carbons (Fsp3) is 0.816. The number of unbranched alkanes of at least 4 members (excludes halogenated alkanes) is 23. The van der Waals surface area contributed by atoms with E-state index in [1.807, 2.05) is 6.08 Å². The number of amides is 1. The molecule has 7 atom stereocenters. The van der Waals surface area contributed by atoms with E-state index >= 15 is 0 Å². The van der Waals surface area contributed by atoms with Crippen LogP contribution in [-0.2, 0) is 14.3 Å². The summed E-state index contributed by atoms with van der Waals surface area (Å²) < 4.78 is 11.2. The smallest absolute Gasteiger partial charge is 0.220 e. The maximum Gasteiger partial charge on any atom is 0.220 e. The van der Waals surface area contributed by atoms with Gasteiger partial charge in [-0.2, -0.15) is 0 Å². The van der Waals surface area contributed by atoms with E-state index in [9.17, 15) is 30.3 Å². The van der Waals surface area contributed by atoms with Gasteiger partial charge in [0, 0.05) is 6.42 Å². The Morgan fingerprint density at radius 3 is 1.47 bits per heavy atom. The molecule has 0 aromatic carbocycles. The van der Waals surface area contributed by atoms with Crippen molar-refractivity contribution < 1.29 is 39.8 Å². The van der Waals surface area contributed by atoms with Gasteiger partial charge in [-0.3, -0.25) is 4.79 Å². The molecule has 0 saturated carbocycles. The van der Waals surface area contributed by atoms with Crippen molar-refractivity contribution in [1.82, 2.24) is 5.32 Å². The lowest BCUT2D eigenvalue weighted by atomic mass is 9.99. The fourth-order valence-electron chi connectivity index (χ4n) is 7.24. The van der Waals surface area contributed by atoms with Gasteiger partial charge in [0.2, 0.25) is 5.91 Å². The van der Waals surface area contributed by atoms with E-state index in [1.165, 1.54) is 128 Å². The highest BCUT2D eigenvalue weighted by Crippen LogP contribution is 2.22. The van der Waals surface area contributed by atoms with Crippen LogP contribution >= 0.6 is 0 Å². The van der Waals surface area contributed by atoms with Crippen molar-refractivity contribution in [1.29, 1.82) is 0 Å². The van der Waals surface area contributed by atoms with Crippen LogP contribution in [0.15, 0.2) is 48.6 Å². The van der Waals surface area contributed by atoms with E-state index in [2.05, 4.69) is 55.6 Å². The Balaban J connectivity index is 2.34. The van der Waals surface area contributed by atoms with E-state index in [4.69, 9.17) is 9.47 Å². The van der Waals surface area contributed by atoms with Crippen LogP contribution in [0.5, 0.6) is 0 Å². The number of hydrogen-bond acceptors (Lipinski definition) is 8. The van der Waals surface area contributed by atoms with Gasteiger partial charge in [-0.15, -0.1) is 0 Å². The van der Waals surface area contributed by atoms with Crippen LogP contribution < -0.4 is 5.32 Å². The summed E-state index contributed by atoms with van der Waals surface area (Å²) in [5.41, 5.74) is 0. The molecule has 1 aliphatic rings. The first kappa shape index (κ1) is 54.2. The van der Waals surface area contributed by atoms with Crippen LogP contribution in [0.2, 0.25) is 0 Å². The summed E-state index contributed by atoms with van der Waals surface area (Å²) in [5.74, 6) is -0.195. The van der Waals surface area contributed by atoms with Crippen molar-refractivity contribution in [3.63, 3.8) is 0 Å². The zero-order valence-corrected chi connectivity index (χ0v) is 37.0. The Labute approximate surface area is 354 Å². The molecule has 0 spiro atoms. The predicted octanol–water partition coefficient (Wildman–Crippen LogP) is 10.2. The highest BCUT2D eigenvalue weighted by molar-refractivity contribution is 5.76. The molecule has 0 radical (unpaired) electrons. The number of aliphatic hydroxyl groups excluding tert-OH is 5. The average molecular weight is 820 g/mol. The summed E-state index contributed by atoms with van der Waals surface area (Å²) in [7, 11) is 0. The quantitative estimate of drug-likeness (QED) is 0.0265. The maximum absolute atomic E-state index is 13.0. The lowest BCUT2D eigenvalue weighted by Crippen LogP contribution is -2.60. The van der Waals surface area contributed by atoms with Gasteiger partial charge >= 0.3 is 0 Å². The maximum atomic E-state index is 13.0. The molecule has 1 saturated heterocycles. The second-order valence-electron chi connectivity index (χ2n) is 16.5. The molecule has 1 rings (SSSR count). The van der Waals surface area contributed by atoms with Crippen molar-refractivity contribution in [2.45, 2.75) is 243 Å². The van der Waals surface area contributed by atoms with Crippen LogP contribution in [0, 0.1) is 0 Å². The molecule has 338 valence electrons. The molecule has 1 fully saturated rings. The number of ether oxygens (including phenoxy) is 2. The normalized spacial score (nSPS) is 21.3. The van der Waals surface area contributed by atoms with Gasteiger partial charge < -0.3 is 40.3 Å². The molecular weight excluding hydrogens is 731 g/mol. The monoisotopic (exact) mass is 820 g/mol. The van der Waals surface area contributed by atoms with Crippen LogP contribution in [0.3, 0.4) is 0 Å². The highest BCUT2D eigenvalue weighted by Gasteiger charge is 2.44. The molecule has 0 aromatic heterocycles. The van der Waals surface area contributed by atoms with Gasteiger partial charge in [-0.1, -0.05) is 172 Å². The third kappa shape index (κ3) is 29.4. The summed E-state index contributed by atoms with van der Waals surface area (Å²) in [6.07, 6.45) is 43.0. The van der Waals surface area contributed by atoms with Crippen molar-refractivity contribution >= 4 is 5.91 Å². The van der Waals surface area contributed by atoms with E-state index in [0.29, 0.717) is 6.42 Å². The van der Waals surface area contributed by atoms with Crippen molar-refractivity contribution in [3.8, 4) is 0 Å². The van der Waals surface area contributed by atoms with Crippen LogP contribution in [0.1, 0.15) is 200 Å². The Bertz CT molecular complexity index is 1050. The number of nitrogens with one attached hydrogen (secondary N) is 1. The fourth-order valence-corrected chi connectivity index (χ4v) is 7.24. The van der Waals surface area contributed by atoms with Crippen LogP contribution in [-0.4, -0.2) is 87.5 Å². The Hall–Kier alpha value is -1.85. The number of allylic oxidation sites excluding steroid dienone is 7. The number of hydrogen-bond donors (Lipinski definition) is 6. The Morgan fingerprint density at radius 1 is 0.569 bits per heavy atom. The number of carbonyl (C=O) groups is 1. The molecule has 1 aliphatic heterocycles. The number of aliphatic hydroxyl groups is 5. The van der Waals surface area contributed by atoms with Crippen molar-refractivity contribution in [2.75, 3.05) is 13.2 Å². The largest absolute Gasteiger partial charge is 0.394 e. The third-order valence-electron chi connectivity index (χ3n) is 11.1. The summed E-state index contributed by atoms with van der Waals surface area (Å²) in [6.45, 7) is 3.72. The molecule has 9 heteroatoms. The topological polar surface area (TPSA) is 149 Å². The molecule has 9 nitrogen and oxygen atoms in total. The molecular formula is C49H89NO8. The van der Waals surface area contributed by atoms with Crippen molar-refractivity contribution in [3.05, 3.63) is 48.6 Å². The minimum absolute atomic E-state index is 0.195. The summed E-state index contributed by atoms with van der Waals surface area (Å²) in [5, 5.41) is 54.2. The lowest BCUT2D eigenvalue weighted by molar-refractivity contribution is -0.302. The molecule has 7 unspecified atom stereocenters. The standard InChI is InChI=1S/C49H89NO8/c1-3-5-7-9-11-13-15-17-19-20-21-22-23-24-25-27-29-31-33-35-37-39-45(53)50-42(41-57-49-48(56)47(55)46(54)44(40-51)58-49)43(52)38-36-34-32-30-28-26-18-16-14-12-10-8-6-4-2/h14,16,20-21,28,30,36,38,42-44,46-49,51-52,54-56H,3-13,15,17-19,22-27,29,31-35,37,39-41H2,1-2H3,(H,50,53)/b16-14+,21-20-,30-28+,38-36+. The van der Waals surface area contributed by atoms with E-state index in [0.717, 1.165) is 51.4 Å². The van der Waals surface area contributed by atoms with Crippen molar-refractivity contribution in [2.24, 2.45) is 0 Å². The first-order valence-electron chi connectivity index (χ1n) is 23.9. The molecule has 1 amide bonds. The van der Waals surface area contributed by atoms with Gasteiger partial charge in [0.05, 0.1) is 25.4 Å². The highest BCUT2D eigenvalue weighted by atomic mass is 16.7. The van der Waals surface area contributed by atoms with Gasteiger partial charge in [0.15, 0.2) is 6.29 Å². The van der Waals surface area contributed by atoms with E-state index < -0.39 is 49.5 Å².